The highest BCUT2D eigenvalue weighted by molar-refractivity contribution is 6.30. The van der Waals surface area contributed by atoms with Crippen molar-refractivity contribution in [2.24, 2.45) is 0 Å². The summed E-state index contributed by atoms with van der Waals surface area (Å²) in [6.07, 6.45) is -4.11. The van der Waals surface area contributed by atoms with Gasteiger partial charge >= 0.3 is 12.8 Å². The number of alkyl halides is 5. The first-order valence-electron chi connectivity index (χ1n) is 7.98. The fraction of sp³-hybridized carbons (Fsp3) is 0.353. The zero-order valence-corrected chi connectivity index (χ0v) is 14.8. The van der Waals surface area contributed by atoms with Crippen molar-refractivity contribution in [1.82, 2.24) is 4.98 Å². The molecule has 0 saturated heterocycles. The first-order chi connectivity index (χ1) is 13.1. The zero-order valence-electron chi connectivity index (χ0n) is 14.1. The quantitative estimate of drug-likeness (QED) is 0.695. The Morgan fingerprint density at radius 3 is 2.71 bits per heavy atom. The van der Waals surface area contributed by atoms with Gasteiger partial charge in [-0.05, 0) is 18.2 Å². The molecule has 2 N–H and O–H groups in total. The van der Waals surface area contributed by atoms with Crippen LogP contribution in [0.25, 0.3) is 0 Å². The minimum Gasteiger partial charge on any atom is -0.493 e. The van der Waals surface area contributed by atoms with Crippen molar-refractivity contribution in [3.8, 4) is 11.5 Å². The SMILES string of the molecule is OCC1(Nc2ncc(C(F)(F)F)cc2OC(F)F)CCOc2cc(Cl)ccc21. The summed E-state index contributed by atoms with van der Waals surface area (Å²) in [6, 6.07) is 5.04. The number of fused-ring (bicyclic) bond motifs is 1. The maximum absolute atomic E-state index is 12.9. The summed E-state index contributed by atoms with van der Waals surface area (Å²) in [5.41, 5.74) is -2.04. The molecule has 11 heteroatoms. The Balaban J connectivity index is 2.04. The number of rotatable bonds is 5. The molecule has 152 valence electrons. The van der Waals surface area contributed by atoms with Crippen molar-refractivity contribution >= 4 is 17.4 Å². The molecule has 0 fully saturated rings. The molecule has 28 heavy (non-hydrogen) atoms. The van der Waals surface area contributed by atoms with Crippen molar-refractivity contribution < 1.29 is 36.5 Å². The number of aliphatic hydroxyl groups excluding tert-OH is 1. The Morgan fingerprint density at radius 2 is 2.07 bits per heavy atom. The Hall–Kier alpha value is -2.33. The van der Waals surface area contributed by atoms with E-state index in [1.807, 2.05) is 0 Å². The lowest BCUT2D eigenvalue weighted by Gasteiger charge is -2.39. The van der Waals surface area contributed by atoms with Crippen LogP contribution in [0.15, 0.2) is 30.5 Å². The molecule has 1 aliphatic rings. The van der Waals surface area contributed by atoms with E-state index in [2.05, 4.69) is 15.0 Å². The van der Waals surface area contributed by atoms with Crippen LogP contribution in [-0.4, -0.2) is 29.9 Å². The number of aliphatic hydroxyl groups is 1. The molecule has 1 aromatic carbocycles. The Bertz CT molecular complexity index is 865. The minimum atomic E-state index is -4.79. The van der Waals surface area contributed by atoms with Gasteiger partial charge in [-0.25, -0.2) is 4.98 Å². The van der Waals surface area contributed by atoms with Gasteiger partial charge in [0.2, 0.25) is 0 Å². The summed E-state index contributed by atoms with van der Waals surface area (Å²) in [6.45, 7) is -3.73. The van der Waals surface area contributed by atoms with Crippen LogP contribution in [0.2, 0.25) is 5.02 Å². The summed E-state index contributed by atoms with van der Waals surface area (Å²) in [5, 5.41) is 13.2. The number of hydrogen-bond donors (Lipinski definition) is 2. The minimum absolute atomic E-state index is 0.145. The molecule has 1 atom stereocenters. The van der Waals surface area contributed by atoms with Gasteiger partial charge < -0.3 is 19.9 Å². The van der Waals surface area contributed by atoms with Gasteiger partial charge in [0.05, 0.1) is 24.3 Å². The maximum Gasteiger partial charge on any atom is 0.418 e. The summed E-state index contributed by atoms with van der Waals surface area (Å²) in [5.74, 6) is -0.812. The van der Waals surface area contributed by atoms with Gasteiger partial charge in [0.15, 0.2) is 11.6 Å². The standard InChI is InChI=1S/C17H14ClF5N2O3/c18-10-1-2-11-12(6-10)27-4-3-16(11,8-26)25-14-13(28-15(19)20)5-9(7-24-14)17(21,22)23/h1-2,5-7,15,26H,3-4,8H2,(H,24,25). The Morgan fingerprint density at radius 1 is 1.32 bits per heavy atom. The molecular weight excluding hydrogens is 411 g/mol. The first kappa shape index (κ1) is 20.4. The van der Waals surface area contributed by atoms with E-state index in [1.54, 1.807) is 6.07 Å². The second-order valence-corrected chi connectivity index (χ2v) is 6.49. The van der Waals surface area contributed by atoms with Crippen molar-refractivity contribution in [2.75, 3.05) is 18.5 Å². The molecular formula is C17H14ClF5N2O3. The predicted molar refractivity (Wildman–Crippen MR) is 89.8 cm³/mol. The second-order valence-electron chi connectivity index (χ2n) is 6.05. The van der Waals surface area contributed by atoms with Crippen LogP contribution < -0.4 is 14.8 Å². The van der Waals surface area contributed by atoms with E-state index < -0.39 is 36.2 Å². The monoisotopic (exact) mass is 424 g/mol. The largest absolute Gasteiger partial charge is 0.493 e. The summed E-state index contributed by atoms with van der Waals surface area (Å²) in [7, 11) is 0. The highest BCUT2D eigenvalue weighted by Gasteiger charge is 2.39. The lowest BCUT2D eigenvalue weighted by Crippen LogP contribution is -2.43. The van der Waals surface area contributed by atoms with Crippen LogP contribution in [-0.2, 0) is 11.7 Å². The van der Waals surface area contributed by atoms with Crippen LogP contribution in [0.5, 0.6) is 11.5 Å². The number of benzene rings is 1. The number of anilines is 1. The van der Waals surface area contributed by atoms with E-state index in [-0.39, 0.29) is 18.8 Å². The van der Waals surface area contributed by atoms with E-state index in [4.69, 9.17) is 16.3 Å². The van der Waals surface area contributed by atoms with Crippen LogP contribution in [0.1, 0.15) is 17.5 Å². The highest BCUT2D eigenvalue weighted by atomic mass is 35.5. The molecule has 2 heterocycles. The van der Waals surface area contributed by atoms with Crippen molar-refractivity contribution in [3.05, 3.63) is 46.6 Å². The smallest absolute Gasteiger partial charge is 0.418 e. The molecule has 0 spiro atoms. The van der Waals surface area contributed by atoms with Gasteiger partial charge in [-0.1, -0.05) is 17.7 Å². The lowest BCUT2D eigenvalue weighted by atomic mass is 9.85. The first-order valence-corrected chi connectivity index (χ1v) is 8.36. The molecule has 1 unspecified atom stereocenters. The lowest BCUT2D eigenvalue weighted by molar-refractivity contribution is -0.138. The fourth-order valence-corrected chi connectivity index (χ4v) is 3.08. The van der Waals surface area contributed by atoms with Crippen LogP contribution in [0.3, 0.4) is 0 Å². The summed E-state index contributed by atoms with van der Waals surface area (Å²) in [4.78, 5) is 3.61. The van der Waals surface area contributed by atoms with Crippen molar-refractivity contribution in [3.63, 3.8) is 0 Å². The third-order valence-corrected chi connectivity index (χ3v) is 4.50. The van der Waals surface area contributed by atoms with E-state index in [1.165, 1.54) is 12.1 Å². The van der Waals surface area contributed by atoms with Crippen molar-refractivity contribution in [1.29, 1.82) is 0 Å². The molecule has 0 aliphatic carbocycles. The van der Waals surface area contributed by atoms with E-state index in [0.29, 0.717) is 28.6 Å². The fourth-order valence-electron chi connectivity index (χ4n) is 2.92. The highest BCUT2D eigenvalue weighted by Crippen LogP contribution is 2.42. The van der Waals surface area contributed by atoms with Gasteiger partial charge in [-0.15, -0.1) is 0 Å². The average Bonchev–Trinajstić information content (AvgIpc) is 2.61. The third-order valence-electron chi connectivity index (χ3n) is 4.27. The van der Waals surface area contributed by atoms with E-state index >= 15 is 0 Å². The molecule has 0 bridgehead atoms. The molecule has 2 aromatic rings. The molecule has 5 nitrogen and oxygen atoms in total. The molecule has 0 amide bonds. The number of nitrogens with one attached hydrogen (secondary N) is 1. The van der Waals surface area contributed by atoms with Crippen LogP contribution >= 0.6 is 11.6 Å². The normalized spacial score (nSPS) is 19.1. The predicted octanol–water partition coefficient (Wildman–Crippen LogP) is 4.44. The molecule has 1 aromatic heterocycles. The number of aromatic nitrogens is 1. The molecule has 3 rings (SSSR count). The molecule has 1 aliphatic heterocycles. The van der Waals surface area contributed by atoms with Crippen LogP contribution in [0, 0.1) is 0 Å². The van der Waals surface area contributed by atoms with Crippen molar-refractivity contribution in [2.45, 2.75) is 24.7 Å². The zero-order chi connectivity index (χ0) is 20.5. The van der Waals surface area contributed by atoms with Gasteiger partial charge in [0.1, 0.15) is 5.75 Å². The third kappa shape index (κ3) is 4.07. The summed E-state index contributed by atoms with van der Waals surface area (Å²) >= 11 is 5.93. The topological polar surface area (TPSA) is 63.6 Å². The van der Waals surface area contributed by atoms with Gasteiger partial charge in [-0.2, -0.15) is 22.0 Å². The maximum atomic E-state index is 12.9. The number of nitrogens with zero attached hydrogens (tertiary/aromatic N) is 1. The average molecular weight is 425 g/mol. The van der Waals surface area contributed by atoms with Gasteiger partial charge in [0, 0.05) is 23.2 Å². The van der Waals surface area contributed by atoms with E-state index in [0.717, 1.165) is 0 Å². The van der Waals surface area contributed by atoms with Gasteiger partial charge in [-0.3, -0.25) is 0 Å². The van der Waals surface area contributed by atoms with Gasteiger partial charge in [0.25, 0.3) is 0 Å². The summed E-state index contributed by atoms with van der Waals surface area (Å²) < 4.78 is 73.9. The van der Waals surface area contributed by atoms with E-state index in [9.17, 15) is 27.1 Å². The number of ether oxygens (including phenoxy) is 2. The number of hydrogen-bond acceptors (Lipinski definition) is 5. The Kier molecular flexibility index (Phi) is 5.53. The molecule has 0 radical (unpaired) electrons. The second kappa shape index (κ2) is 7.59. The van der Waals surface area contributed by atoms with Crippen LogP contribution in [0.4, 0.5) is 27.8 Å². The number of pyridine rings is 1. The Labute approximate surface area is 161 Å². The number of halogens is 6. The molecule has 0 saturated carbocycles.